The maximum atomic E-state index is 10.8. The monoisotopic (exact) mass is 247 g/mol. The zero-order chi connectivity index (χ0) is 13.2. The van der Waals surface area contributed by atoms with E-state index in [0.29, 0.717) is 12.5 Å². The number of hydrogen-bond acceptors (Lipinski definition) is 2. The van der Waals surface area contributed by atoms with Crippen molar-refractivity contribution in [2.24, 2.45) is 11.3 Å². The summed E-state index contributed by atoms with van der Waals surface area (Å²) in [5.74, 6) is 0.594. The normalized spacial score (nSPS) is 31.0. The van der Waals surface area contributed by atoms with Gasteiger partial charge in [-0.15, -0.1) is 0 Å². The lowest BCUT2D eigenvalue weighted by Crippen LogP contribution is -2.46. The average Bonchev–Trinajstić information content (AvgIpc) is 2.24. The summed E-state index contributed by atoms with van der Waals surface area (Å²) in [4.78, 5) is 0. The highest BCUT2D eigenvalue weighted by atomic mass is 16.3. The smallest absolute Gasteiger partial charge is 0.0826 e. The van der Waals surface area contributed by atoms with Crippen molar-refractivity contribution in [3.8, 4) is 0 Å². The number of rotatable bonds is 3. The Kier molecular flexibility index (Phi) is 3.67. The molecule has 0 bridgehead atoms. The average molecular weight is 247 g/mol. The van der Waals surface area contributed by atoms with E-state index in [9.17, 15) is 5.11 Å². The molecule has 1 aliphatic carbocycles. The molecule has 1 saturated carbocycles. The lowest BCUT2D eigenvalue weighted by Gasteiger charge is -2.44. The van der Waals surface area contributed by atoms with Gasteiger partial charge in [0.1, 0.15) is 0 Å². The predicted octanol–water partition coefficient (Wildman–Crippen LogP) is 3.68. The van der Waals surface area contributed by atoms with Crippen LogP contribution in [0.5, 0.6) is 0 Å². The summed E-state index contributed by atoms with van der Waals surface area (Å²) in [6, 6.07) is 10.1. The van der Waals surface area contributed by atoms with Crippen LogP contribution in [-0.2, 0) is 0 Å². The fourth-order valence-electron chi connectivity index (χ4n) is 3.66. The standard InChI is InChI=1S/C16H25NO/c1-13-9-15(2,3)11-16(18,10-13)12-17-14-7-5-4-6-8-14/h4-8,13,17-18H,9-12H2,1-3H3. The lowest BCUT2D eigenvalue weighted by atomic mass is 9.66. The molecule has 100 valence electrons. The molecule has 0 heterocycles. The number of aliphatic hydroxyl groups is 1. The van der Waals surface area contributed by atoms with Crippen LogP contribution in [0.2, 0.25) is 0 Å². The van der Waals surface area contributed by atoms with Crippen molar-refractivity contribution in [1.82, 2.24) is 0 Å². The highest BCUT2D eigenvalue weighted by Crippen LogP contribution is 2.43. The van der Waals surface area contributed by atoms with Gasteiger partial charge in [0.15, 0.2) is 0 Å². The molecule has 1 aromatic rings. The first-order valence-electron chi connectivity index (χ1n) is 6.90. The van der Waals surface area contributed by atoms with Gasteiger partial charge in [-0.05, 0) is 42.7 Å². The zero-order valence-corrected chi connectivity index (χ0v) is 11.7. The van der Waals surface area contributed by atoms with Crippen LogP contribution in [0.15, 0.2) is 30.3 Å². The Hall–Kier alpha value is -1.02. The fraction of sp³-hybridized carbons (Fsp3) is 0.625. The molecule has 1 fully saturated rings. The molecule has 0 aromatic heterocycles. The van der Waals surface area contributed by atoms with Crippen LogP contribution in [-0.4, -0.2) is 17.3 Å². The Labute approximate surface area is 110 Å². The summed E-state index contributed by atoms with van der Waals surface area (Å²) in [7, 11) is 0. The molecule has 0 radical (unpaired) electrons. The first-order valence-corrected chi connectivity index (χ1v) is 6.90. The van der Waals surface area contributed by atoms with Crippen LogP contribution in [0.3, 0.4) is 0 Å². The first-order chi connectivity index (χ1) is 8.39. The van der Waals surface area contributed by atoms with Crippen molar-refractivity contribution < 1.29 is 5.11 Å². The third-order valence-electron chi connectivity index (χ3n) is 3.83. The summed E-state index contributed by atoms with van der Waals surface area (Å²) >= 11 is 0. The van der Waals surface area contributed by atoms with Gasteiger partial charge in [0, 0.05) is 12.2 Å². The van der Waals surface area contributed by atoms with E-state index in [1.54, 1.807) is 0 Å². The Morgan fingerprint density at radius 1 is 1.22 bits per heavy atom. The molecule has 2 N–H and O–H groups in total. The number of para-hydroxylation sites is 1. The second-order valence-corrected chi connectivity index (χ2v) is 6.80. The molecular weight excluding hydrogens is 222 g/mol. The highest BCUT2D eigenvalue weighted by molar-refractivity contribution is 5.42. The molecule has 0 aliphatic heterocycles. The van der Waals surface area contributed by atoms with Crippen LogP contribution >= 0.6 is 0 Å². The summed E-state index contributed by atoms with van der Waals surface area (Å²) in [5.41, 5.74) is 0.754. The molecule has 2 atom stereocenters. The van der Waals surface area contributed by atoms with Gasteiger partial charge in [0.2, 0.25) is 0 Å². The highest BCUT2D eigenvalue weighted by Gasteiger charge is 2.41. The molecule has 0 spiro atoms. The van der Waals surface area contributed by atoms with Crippen LogP contribution in [0, 0.1) is 11.3 Å². The van der Waals surface area contributed by atoms with Gasteiger partial charge in [-0.2, -0.15) is 0 Å². The third kappa shape index (κ3) is 3.49. The van der Waals surface area contributed by atoms with Gasteiger partial charge in [-0.25, -0.2) is 0 Å². The molecule has 2 rings (SSSR count). The second kappa shape index (κ2) is 4.93. The summed E-state index contributed by atoms with van der Waals surface area (Å²) in [6.45, 7) is 7.41. The zero-order valence-electron chi connectivity index (χ0n) is 11.7. The number of nitrogens with one attached hydrogen (secondary N) is 1. The van der Waals surface area contributed by atoms with E-state index >= 15 is 0 Å². The summed E-state index contributed by atoms with van der Waals surface area (Å²) < 4.78 is 0. The third-order valence-corrected chi connectivity index (χ3v) is 3.83. The van der Waals surface area contributed by atoms with Crippen molar-refractivity contribution in [1.29, 1.82) is 0 Å². The molecule has 2 unspecified atom stereocenters. The fourth-order valence-corrected chi connectivity index (χ4v) is 3.66. The van der Waals surface area contributed by atoms with E-state index in [1.165, 1.54) is 6.42 Å². The number of benzene rings is 1. The minimum atomic E-state index is -0.572. The van der Waals surface area contributed by atoms with E-state index in [1.807, 2.05) is 30.3 Å². The van der Waals surface area contributed by atoms with E-state index in [-0.39, 0.29) is 5.41 Å². The SMILES string of the molecule is CC1CC(C)(C)CC(O)(CNc2ccccc2)C1. The van der Waals surface area contributed by atoms with Gasteiger partial charge < -0.3 is 10.4 Å². The second-order valence-electron chi connectivity index (χ2n) is 6.80. The Morgan fingerprint density at radius 3 is 2.50 bits per heavy atom. The molecule has 2 heteroatoms. The molecule has 2 nitrogen and oxygen atoms in total. The minimum Gasteiger partial charge on any atom is -0.388 e. The number of hydrogen-bond donors (Lipinski definition) is 2. The lowest BCUT2D eigenvalue weighted by molar-refractivity contribution is -0.0477. The molecular formula is C16H25NO. The van der Waals surface area contributed by atoms with E-state index in [4.69, 9.17) is 0 Å². The van der Waals surface area contributed by atoms with Crippen LogP contribution < -0.4 is 5.32 Å². The minimum absolute atomic E-state index is 0.241. The summed E-state index contributed by atoms with van der Waals surface area (Å²) in [6.07, 6.45) is 2.99. The molecule has 0 saturated heterocycles. The van der Waals surface area contributed by atoms with Gasteiger partial charge in [0.25, 0.3) is 0 Å². The molecule has 0 amide bonds. The van der Waals surface area contributed by atoms with Crippen molar-refractivity contribution >= 4 is 5.69 Å². The Balaban J connectivity index is 1.99. The van der Waals surface area contributed by atoms with Crippen LogP contribution in [0.1, 0.15) is 40.0 Å². The summed E-state index contributed by atoms with van der Waals surface area (Å²) in [5, 5.41) is 14.1. The van der Waals surface area contributed by atoms with Crippen LogP contribution in [0.4, 0.5) is 5.69 Å². The van der Waals surface area contributed by atoms with E-state index < -0.39 is 5.60 Å². The molecule has 1 aliphatic rings. The van der Waals surface area contributed by atoms with Crippen molar-refractivity contribution in [2.45, 2.75) is 45.6 Å². The maximum Gasteiger partial charge on any atom is 0.0826 e. The van der Waals surface area contributed by atoms with Crippen molar-refractivity contribution in [2.75, 3.05) is 11.9 Å². The van der Waals surface area contributed by atoms with Gasteiger partial charge in [0.05, 0.1) is 5.60 Å². The maximum absolute atomic E-state index is 10.8. The molecule has 1 aromatic carbocycles. The van der Waals surface area contributed by atoms with Gasteiger partial charge >= 0.3 is 0 Å². The largest absolute Gasteiger partial charge is 0.388 e. The van der Waals surface area contributed by atoms with E-state index in [2.05, 4.69) is 26.1 Å². The van der Waals surface area contributed by atoms with Gasteiger partial charge in [-0.3, -0.25) is 0 Å². The Morgan fingerprint density at radius 2 is 1.89 bits per heavy atom. The predicted molar refractivity (Wildman–Crippen MR) is 76.7 cm³/mol. The quantitative estimate of drug-likeness (QED) is 0.854. The van der Waals surface area contributed by atoms with E-state index in [0.717, 1.165) is 18.5 Å². The molecule has 18 heavy (non-hydrogen) atoms. The van der Waals surface area contributed by atoms with Crippen molar-refractivity contribution in [3.05, 3.63) is 30.3 Å². The first kappa shape index (κ1) is 13.4. The van der Waals surface area contributed by atoms with Gasteiger partial charge in [-0.1, -0.05) is 39.0 Å². The Bertz CT molecular complexity index is 387. The van der Waals surface area contributed by atoms with Crippen molar-refractivity contribution in [3.63, 3.8) is 0 Å². The topological polar surface area (TPSA) is 32.3 Å². The number of anilines is 1. The van der Waals surface area contributed by atoms with Crippen LogP contribution in [0.25, 0.3) is 0 Å².